The van der Waals surface area contributed by atoms with Crippen LogP contribution in [0.5, 0.6) is 5.75 Å². The average Bonchev–Trinajstić information content (AvgIpc) is 2.49. The number of nitrogens with zero attached hydrogens (tertiary/aromatic N) is 1. The molecule has 0 bridgehead atoms. The first-order chi connectivity index (χ1) is 10.3. The second kappa shape index (κ2) is 5.92. The van der Waals surface area contributed by atoms with Crippen LogP contribution in [-0.4, -0.2) is 22.6 Å². The third-order valence-corrected chi connectivity index (χ3v) is 5.07. The highest BCUT2D eigenvalue weighted by atomic mass is 32.2. The molecule has 2 rings (SSSR count). The maximum absolute atomic E-state index is 13.3. The normalized spacial score (nSPS) is 11.3. The van der Waals surface area contributed by atoms with Gasteiger partial charge in [0.25, 0.3) is 10.0 Å². The summed E-state index contributed by atoms with van der Waals surface area (Å²) >= 11 is 0. The van der Waals surface area contributed by atoms with Crippen molar-refractivity contribution >= 4 is 15.7 Å². The third kappa shape index (κ3) is 2.89. The van der Waals surface area contributed by atoms with Gasteiger partial charge in [-0.15, -0.1) is 0 Å². The minimum absolute atomic E-state index is 0.0346. The van der Waals surface area contributed by atoms with Crippen molar-refractivity contribution in [3.8, 4) is 5.75 Å². The van der Waals surface area contributed by atoms with Crippen molar-refractivity contribution in [2.24, 2.45) is 0 Å². The van der Waals surface area contributed by atoms with Crippen LogP contribution in [0.2, 0.25) is 0 Å². The summed E-state index contributed by atoms with van der Waals surface area (Å²) in [6, 6.07) is 7.33. The molecule has 0 amide bonds. The van der Waals surface area contributed by atoms with Gasteiger partial charge < -0.3 is 4.74 Å². The van der Waals surface area contributed by atoms with Crippen LogP contribution >= 0.6 is 0 Å². The van der Waals surface area contributed by atoms with Crippen LogP contribution in [0.15, 0.2) is 41.3 Å². The predicted molar refractivity (Wildman–Crippen MR) is 79.7 cm³/mol. The highest BCUT2D eigenvalue weighted by Crippen LogP contribution is 2.27. The monoisotopic (exact) mass is 327 g/mol. The summed E-state index contributed by atoms with van der Waals surface area (Å²) in [5, 5.41) is 0. The smallest absolute Gasteiger partial charge is 0.264 e. The zero-order valence-corrected chi connectivity index (χ0v) is 13.1. The molecule has 7 heteroatoms. The number of benzene rings is 2. The molecule has 0 aromatic heterocycles. The van der Waals surface area contributed by atoms with E-state index in [4.69, 9.17) is 4.74 Å². The van der Waals surface area contributed by atoms with E-state index in [2.05, 4.69) is 0 Å². The Labute approximate surface area is 128 Å². The molecule has 0 aliphatic carbocycles. The third-order valence-electron chi connectivity index (χ3n) is 3.29. The van der Waals surface area contributed by atoms with Gasteiger partial charge in [-0.05, 0) is 42.8 Å². The summed E-state index contributed by atoms with van der Waals surface area (Å²) in [5.41, 5.74) is 0.689. The van der Waals surface area contributed by atoms with E-state index in [1.807, 2.05) is 0 Å². The molecule has 0 saturated heterocycles. The van der Waals surface area contributed by atoms with Crippen LogP contribution in [0.4, 0.5) is 14.5 Å². The molecule has 2 aromatic carbocycles. The van der Waals surface area contributed by atoms with Gasteiger partial charge in [0.1, 0.15) is 5.75 Å². The first-order valence-corrected chi connectivity index (χ1v) is 7.80. The van der Waals surface area contributed by atoms with Gasteiger partial charge >= 0.3 is 0 Å². The van der Waals surface area contributed by atoms with Crippen LogP contribution in [0.25, 0.3) is 0 Å². The average molecular weight is 327 g/mol. The second-order valence-corrected chi connectivity index (χ2v) is 6.67. The van der Waals surface area contributed by atoms with Gasteiger partial charge in [0, 0.05) is 13.1 Å². The Morgan fingerprint density at radius 2 is 1.73 bits per heavy atom. The maximum atomic E-state index is 13.3. The van der Waals surface area contributed by atoms with Crippen LogP contribution < -0.4 is 9.04 Å². The Kier molecular flexibility index (Phi) is 4.37. The molecule has 22 heavy (non-hydrogen) atoms. The fourth-order valence-electron chi connectivity index (χ4n) is 1.99. The molecule has 0 saturated carbocycles. The number of ether oxygens (including phenoxy) is 1. The number of aryl methyl sites for hydroxylation is 1. The topological polar surface area (TPSA) is 46.6 Å². The zero-order valence-electron chi connectivity index (χ0n) is 12.3. The number of rotatable bonds is 4. The molecule has 0 N–H and O–H groups in total. The van der Waals surface area contributed by atoms with Crippen LogP contribution in [0.3, 0.4) is 0 Å². The van der Waals surface area contributed by atoms with E-state index in [1.165, 1.54) is 32.4 Å². The molecular weight excluding hydrogens is 312 g/mol. The fourth-order valence-corrected chi connectivity index (χ4v) is 3.26. The van der Waals surface area contributed by atoms with E-state index < -0.39 is 21.7 Å². The van der Waals surface area contributed by atoms with E-state index in [9.17, 15) is 17.2 Å². The summed E-state index contributed by atoms with van der Waals surface area (Å²) in [5.74, 6) is -1.57. The quantitative estimate of drug-likeness (QED) is 0.867. The Morgan fingerprint density at radius 1 is 1.05 bits per heavy atom. The van der Waals surface area contributed by atoms with Gasteiger partial charge in [0.05, 0.1) is 17.7 Å². The standard InChI is InChI=1S/C15H15F2NO3S/c1-10-8-12(5-7-15(10)21-3)22(19,20)18(2)11-4-6-13(16)14(17)9-11/h4-9H,1-3H3. The van der Waals surface area contributed by atoms with Crippen LogP contribution in [0, 0.1) is 18.6 Å². The van der Waals surface area contributed by atoms with Gasteiger partial charge in [-0.25, -0.2) is 17.2 Å². The van der Waals surface area contributed by atoms with Crippen LogP contribution in [0.1, 0.15) is 5.56 Å². The van der Waals surface area contributed by atoms with E-state index in [1.54, 1.807) is 13.0 Å². The van der Waals surface area contributed by atoms with Crippen molar-refractivity contribution in [2.75, 3.05) is 18.5 Å². The van der Waals surface area contributed by atoms with Crippen molar-refractivity contribution in [1.29, 1.82) is 0 Å². The lowest BCUT2D eigenvalue weighted by atomic mass is 10.2. The van der Waals surface area contributed by atoms with E-state index in [-0.39, 0.29) is 10.6 Å². The number of methoxy groups -OCH3 is 1. The highest BCUT2D eigenvalue weighted by Gasteiger charge is 2.23. The Bertz CT molecular complexity index is 806. The first-order valence-electron chi connectivity index (χ1n) is 6.36. The summed E-state index contributed by atoms with van der Waals surface area (Å²) in [4.78, 5) is 0.0398. The lowest BCUT2D eigenvalue weighted by Gasteiger charge is -2.20. The summed E-state index contributed by atoms with van der Waals surface area (Å²) in [6.45, 7) is 1.72. The van der Waals surface area contributed by atoms with Crippen molar-refractivity contribution in [3.05, 3.63) is 53.6 Å². The summed E-state index contributed by atoms with van der Waals surface area (Å²) in [7, 11) is -1.11. The Morgan fingerprint density at radius 3 is 2.27 bits per heavy atom. The molecule has 0 atom stereocenters. The predicted octanol–water partition coefficient (Wildman–Crippen LogP) is 3.11. The molecule has 2 aromatic rings. The molecule has 118 valence electrons. The van der Waals surface area contributed by atoms with Gasteiger partial charge in [-0.1, -0.05) is 0 Å². The molecule has 0 heterocycles. The Hall–Kier alpha value is -2.15. The van der Waals surface area contributed by atoms with E-state index >= 15 is 0 Å². The SMILES string of the molecule is COc1ccc(S(=O)(=O)N(C)c2ccc(F)c(F)c2)cc1C. The number of hydrogen-bond donors (Lipinski definition) is 0. The number of anilines is 1. The summed E-state index contributed by atoms with van der Waals surface area (Å²) in [6.07, 6.45) is 0. The minimum atomic E-state index is -3.88. The molecule has 0 radical (unpaired) electrons. The van der Waals surface area contributed by atoms with Gasteiger partial charge in [0.15, 0.2) is 11.6 Å². The lowest BCUT2D eigenvalue weighted by Crippen LogP contribution is -2.26. The number of sulfonamides is 1. The largest absolute Gasteiger partial charge is 0.496 e. The van der Waals surface area contributed by atoms with Crippen molar-refractivity contribution < 1.29 is 21.9 Å². The minimum Gasteiger partial charge on any atom is -0.496 e. The van der Waals surface area contributed by atoms with Gasteiger partial charge in [0.2, 0.25) is 0 Å². The fraction of sp³-hybridized carbons (Fsp3) is 0.200. The van der Waals surface area contributed by atoms with Crippen molar-refractivity contribution in [3.63, 3.8) is 0 Å². The number of halogens is 2. The van der Waals surface area contributed by atoms with Gasteiger partial charge in [-0.2, -0.15) is 0 Å². The molecule has 0 spiro atoms. The van der Waals surface area contributed by atoms with E-state index in [0.717, 1.165) is 16.4 Å². The first kappa shape index (κ1) is 16.2. The van der Waals surface area contributed by atoms with Crippen LogP contribution in [-0.2, 0) is 10.0 Å². The van der Waals surface area contributed by atoms with E-state index in [0.29, 0.717) is 11.3 Å². The summed E-state index contributed by atoms with van der Waals surface area (Å²) < 4.78 is 57.3. The molecule has 0 aliphatic heterocycles. The lowest BCUT2D eigenvalue weighted by molar-refractivity contribution is 0.411. The van der Waals surface area contributed by atoms with Crippen molar-refractivity contribution in [2.45, 2.75) is 11.8 Å². The van der Waals surface area contributed by atoms with Crippen molar-refractivity contribution in [1.82, 2.24) is 0 Å². The van der Waals surface area contributed by atoms with Gasteiger partial charge in [-0.3, -0.25) is 4.31 Å². The second-order valence-electron chi connectivity index (χ2n) is 4.70. The molecular formula is C15H15F2NO3S. The number of hydrogen-bond acceptors (Lipinski definition) is 3. The highest BCUT2D eigenvalue weighted by molar-refractivity contribution is 7.92. The molecule has 4 nitrogen and oxygen atoms in total. The molecule has 0 fully saturated rings. The zero-order chi connectivity index (χ0) is 16.5. The molecule has 0 unspecified atom stereocenters. The Balaban J connectivity index is 2.44. The molecule has 0 aliphatic rings. The maximum Gasteiger partial charge on any atom is 0.264 e.